The van der Waals surface area contributed by atoms with Crippen LogP contribution >= 0.6 is 0 Å². The van der Waals surface area contributed by atoms with E-state index in [1.54, 1.807) is 6.92 Å². The molecule has 4 nitrogen and oxygen atoms in total. The van der Waals surface area contributed by atoms with Gasteiger partial charge in [-0.2, -0.15) is 0 Å². The Labute approximate surface area is 203 Å². The fourth-order valence-corrected chi connectivity index (χ4v) is 3.61. The summed E-state index contributed by atoms with van der Waals surface area (Å²) in [6.07, 6.45) is 2.59. The molecule has 34 heavy (non-hydrogen) atoms. The van der Waals surface area contributed by atoms with Crippen LogP contribution < -0.4 is 0 Å². The normalized spacial score (nSPS) is 14.4. The fourth-order valence-electron chi connectivity index (χ4n) is 3.61. The second-order valence-corrected chi connectivity index (χ2v) is 8.47. The Morgan fingerprint density at radius 2 is 1.15 bits per heavy atom. The maximum absolute atomic E-state index is 11.4. The summed E-state index contributed by atoms with van der Waals surface area (Å²) < 4.78 is 18.8. The minimum atomic E-state index is -0.392. The highest BCUT2D eigenvalue weighted by atomic mass is 16.5. The average molecular weight is 459 g/mol. The Bertz CT molecular complexity index is 986. The molecule has 4 heteroatoms. The molecule has 0 spiro atoms. The number of hydrogen-bond donors (Lipinski definition) is 0. The first-order valence-corrected chi connectivity index (χ1v) is 11.7. The van der Waals surface area contributed by atoms with Crippen molar-refractivity contribution in [3.05, 3.63) is 119 Å². The van der Waals surface area contributed by atoms with Crippen LogP contribution in [0.2, 0.25) is 0 Å². The molecule has 0 aliphatic heterocycles. The van der Waals surface area contributed by atoms with E-state index in [2.05, 4.69) is 12.1 Å². The maximum atomic E-state index is 11.4. The topological polar surface area (TPSA) is 44.8 Å². The van der Waals surface area contributed by atoms with Gasteiger partial charge in [-0.05, 0) is 42.2 Å². The lowest BCUT2D eigenvalue weighted by atomic mass is 10.0. The molecule has 3 aromatic rings. The van der Waals surface area contributed by atoms with Gasteiger partial charge in [0.05, 0.1) is 32.0 Å². The number of hydrogen-bond acceptors (Lipinski definition) is 4. The lowest BCUT2D eigenvalue weighted by Crippen LogP contribution is -2.34. The number of carbonyl (C=O) groups excluding carboxylic acids is 1. The van der Waals surface area contributed by atoms with Gasteiger partial charge in [-0.15, -0.1) is 0 Å². The minimum absolute atomic E-state index is 0.0613. The Balaban J connectivity index is 1.72. The molecule has 0 bridgehead atoms. The van der Waals surface area contributed by atoms with Crippen molar-refractivity contribution in [3.8, 4) is 0 Å². The van der Waals surface area contributed by atoms with Gasteiger partial charge in [0, 0.05) is 6.42 Å². The highest BCUT2D eigenvalue weighted by Crippen LogP contribution is 2.20. The highest BCUT2D eigenvalue weighted by molar-refractivity contribution is 5.72. The van der Waals surface area contributed by atoms with E-state index in [0.717, 1.165) is 23.0 Å². The molecule has 3 rings (SSSR count). The molecule has 0 unspecified atom stereocenters. The van der Waals surface area contributed by atoms with E-state index in [9.17, 15) is 4.79 Å². The molecule has 0 heterocycles. The van der Waals surface area contributed by atoms with E-state index in [1.807, 2.05) is 91.9 Å². The first-order valence-electron chi connectivity index (χ1n) is 11.7. The van der Waals surface area contributed by atoms with Crippen LogP contribution in [0.25, 0.3) is 0 Å². The van der Waals surface area contributed by atoms with Crippen LogP contribution in [-0.2, 0) is 38.8 Å². The predicted molar refractivity (Wildman–Crippen MR) is 135 cm³/mol. The summed E-state index contributed by atoms with van der Waals surface area (Å²) >= 11 is 0. The van der Waals surface area contributed by atoms with Crippen molar-refractivity contribution in [2.75, 3.05) is 0 Å². The molecule has 0 aliphatic rings. The standard InChI is InChI=1S/C30H34O4/c1-24(20-31)18-29(33-22-27-14-8-4-9-15-27)30(34-23-28-16-10-5-11-17-28)19-25(2)32-21-26-12-6-3-7-13-26/h3-18,20,25,29-30H,19,21-23H2,1-2H3/b24-18+/t25-,29+,30+/m1/s1. The van der Waals surface area contributed by atoms with Crippen molar-refractivity contribution < 1.29 is 19.0 Å². The van der Waals surface area contributed by atoms with Gasteiger partial charge >= 0.3 is 0 Å². The van der Waals surface area contributed by atoms with Crippen LogP contribution in [0.1, 0.15) is 37.0 Å². The second kappa shape index (κ2) is 14.3. The van der Waals surface area contributed by atoms with Crippen molar-refractivity contribution >= 4 is 6.29 Å². The molecule has 3 aromatic carbocycles. The third kappa shape index (κ3) is 9.06. The average Bonchev–Trinajstić information content (AvgIpc) is 2.89. The second-order valence-electron chi connectivity index (χ2n) is 8.47. The number of aldehydes is 1. The number of benzene rings is 3. The number of ether oxygens (including phenoxy) is 3. The summed E-state index contributed by atoms with van der Waals surface area (Å²) in [7, 11) is 0. The van der Waals surface area contributed by atoms with E-state index in [-0.39, 0.29) is 12.2 Å². The maximum Gasteiger partial charge on any atom is 0.145 e. The van der Waals surface area contributed by atoms with E-state index in [0.29, 0.717) is 31.8 Å². The quantitative estimate of drug-likeness (QED) is 0.210. The summed E-state index contributed by atoms with van der Waals surface area (Å²) in [4.78, 5) is 11.4. The molecule has 0 radical (unpaired) electrons. The van der Waals surface area contributed by atoms with Gasteiger partial charge in [0.1, 0.15) is 12.4 Å². The van der Waals surface area contributed by atoms with Crippen molar-refractivity contribution in [1.29, 1.82) is 0 Å². The van der Waals surface area contributed by atoms with Gasteiger partial charge in [-0.25, -0.2) is 0 Å². The molecule has 0 saturated heterocycles. The smallest absolute Gasteiger partial charge is 0.145 e. The highest BCUT2D eigenvalue weighted by Gasteiger charge is 2.25. The first-order chi connectivity index (χ1) is 16.6. The van der Waals surface area contributed by atoms with E-state index < -0.39 is 6.10 Å². The van der Waals surface area contributed by atoms with Gasteiger partial charge in [0.15, 0.2) is 0 Å². The summed E-state index contributed by atoms with van der Waals surface area (Å²) in [5, 5.41) is 0. The lowest BCUT2D eigenvalue weighted by Gasteiger charge is -2.28. The number of rotatable bonds is 14. The summed E-state index contributed by atoms with van der Waals surface area (Å²) in [6.45, 7) is 5.25. The summed E-state index contributed by atoms with van der Waals surface area (Å²) in [5.41, 5.74) is 3.90. The van der Waals surface area contributed by atoms with Gasteiger partial charge in [-0.1, -0.05) is 91.0 Å². The van der Waals surface area contributed by atoms with Crippen LogP contribution in [0.3, 0.4) is 0 Å². The Morgan fingerprint density at radius 1 is 0.706 bits per heavy atom. The molecular weight excluding hydrogens is 424 g/mol. The lowest BCUT2D eigenvalue weighted by molar-refractivity contribution is -0.105. The Morgan fingerprint density at radius 3 is 1.62 bits per heavy atom. The van der Waals surface area contributed by atoms with E-state index in [4.69, 9.17) is 14.2 Å². The third-order valence-electron chi connectivity index (χ3n) is 5.51. The van der Waals surface area contributed by atoms with Crippen LogP contribution in [0.15, 0.2) is 103 Å². The van der Waals surface area contributed by atoms with E-state index >= 15 is 0 Å². The van der Waals surface area contributed by atoms with Crippen LogP contribution in [0.4, 0.5) is 0 Å². The zero-order chi connectivity index (χ0) is 24.0. The third-order valence-corrected chi connectivity index (χ3v) is 5.51. The molecule has 0 aliphatic carbocycles. The monoisotopic (exact) mass is 458 g/mol. The molecule has 0 amide bonds. The Kier molecular flexibility index (Phi) is 10.7. The zero-order valence-electron chi connectivity index (χ0n) is 20.0. The molecule has 0 saturated carbocycles. The minimum Gasteiger partial charge on any atom is -0.374 e. The molecule has 0 N–H and O–H groups in total. The number of allylic oxidation sites excluding steroid dienone is 1. The molecule has 178 valence electrons. The molecular formula is C30H34O4. The van der Waals surface area contributed by atoms with Gasteiger partial charge in [0.2, 0.25) is 0 Å². The summed E-state index contributed by atoms with van der Waals surface area (Å²) in [5.74, 6) is 0. The molecule has 3 atom stereocenters. The largest absolute Gasteiger partial charge is 0.374 e. The van der Waals surface area contributed by atoms with Gasteiger partial charge < -0.3 is 14.2 Å². The first kappa shape index (κ1) is 25.6. The SMILES string of the molecule is C/C(C=O)=C\[C@H](OCc1ccccc1)[C@H](C[C@@H](C)OCc1ccccc1)OCc1ccccc1. The summed E-state index contributed by atoms with van der Waals surface area (Å²) in [6, 6.07) is 30.2. The van der Waals surface area contributed by atoms with Crippen molar-refractivity contribution in [1.82, 2.24) is 0 Å². The van der Waals surface area contributed by atoms with Gasteiger partial charge in [-0.3, -0.25) is 4.79 Å². The Hall–Kier alpha value is -3.05. The fraction of sp³-hybridized carbons (Fsp3) is 0.300. The molecule has 0 fully saturated rings. The van der Waals surface area contributed by atoms with E-state index in [1.165, 1.54) is 0 Å². The zero-order valence-corrected chi connectivity index (χ0v) is 20.0. The van der Waals surface area contributed by atoms with Crippen molar-refractivity contribution in [3.63, 3.8) is 0 Å². The predicted octanol–water partition coefficient (Wildman–Crippen LogP) is 6.30. The van der Waals surface area contributed by atoms with Crippen LogP contribution in [0.5, 0.6) is 0 Å². The van der Waals surface area contributed by atoms with Crippen molar-refractivity contribution in [2.24, 2.45) is 0 Å². The van der Waals surface area contributed by atoms with Crippen LogP contribution in [0, 0.1) is 0 Å². The van der Waals surface area contributed by atoms with Gasteiger partial charge in [0.25, 0.3) is 0 Å². The number of carbonyl (C=O) groups is 1. The van der Waals surface area contributed by atoms with Crippen LogP contribution in [-0.4, -0.2) is 24.6 Å². The molecule has 0 aromatic heterocycles. The van der Waals surface area contributed by atoms with Crippen molar-refractivity contribution in [2.45, 2.75) is 58.4 Å².